The number of ether oxygens (including phenoxy) is 1. The van der Waals surface area contributed by atoms with Gasteiger partial charge in [-0.05, 0) is 24.6 Å². The van der Waals surface area contributed by atoms with Gasteiger partial charge >= 0.3 is 0 Å². The van der Waals surface area contributed by atoms with Crippen LogP contribution in [-0.2, 0) is 9.53 Å². The topological polar surface area (TPSA) is 58.6 Å². The Morgan fingerprint density at radius 1 is 1.12 bits per heavy atom. The second-order valence-electron chi connectivity index (χ2n) is 6.16. The van der Waals surface area contributed by atoms with Crippen molar-refractivity contribution in [2.75, 3.05) is 26.2 Å². The van der Waals surface area contributed by atoms with E-state index < -0.39 is 0 Å². The third-order valence-electron chi connectivity index (χ3n) is 4.30. The van der Waals surface area contributed by atoms with Gasteiger partial charge in [-0.2, -0.15) is 0 Å². The SMILES string of the molecule is Cc1ccc(C(=O)NCC(=O)N2CCO[C@@H](c3ccccc3)C2)cc1. The highest BCUT2D eigenvalue weighted by molar-refractivity contribution is 5.96. The number of carbonyl (C=O) groups excluding carboxylic acids is 2. The van der Waals surface area contributed by atoms with Crippen molar-refractivity contribution >= 4 is 11.8 Å². The number of amides is 2. The van der Waals surface area contributed by atoms with Gasteiger partial charge in [0.05, 0.1) is 19.7 Å². The van der Waals surface area contributed by atoms with Gasteiger partial charge in [-0.3, -0.25) is 9.59 Å². The van der Waals surface area contributed by atoms with E-state index in [1.54, 1.807) is 17.0 Å². The molecule has 0 radical (unpaired) electrons. The van der Waals surface area contributed by atoms with Gasteiger partial charge in [0.15, 0.2) is 0 Å². The molecule has 0 bridgehead atoms. The summed E-state index contributed by atoms with van der Waals surface area (Å²) < 4.78 is 5.77. The first-order valence-electron chi connectivity index (χ1n) is 8.42. The third-order valence-corrected chi connectivity index (χ3v) is 4.30. The van der Waals surface area contributed by atoms with Crippen molar-refractivity contribution in [3.05, 3.63) is 71.3 Å². The quantitative estimate of drug-likeness (QED) is 0.931. The van der Waals surface area contributed by atoms with E-state index in [4.69, 9.17) is 4.74 Å². The van der Waals surface area contributed by atoms with Crippen LogP contribution in [0.4, 0.5) is 0 Å². The van der Waals surface area contributed by atoms with Crippen molar-refractivity contribution in [3.8, 4) is 0 Å². The lowest BCUT2D eigenvalue weighted by Gasteiger charge is -2.33. The van der Waals surface area contributed by atoms with Crippen molar-refractivity contribution in [2.24, 2.45) is 0 Å². The lowest BCUT2D eigenvalue weighted by molar-refractivity contribution is -0.137. The molecular formula is C20H22N2O3. The molecule has 2 aromatic carbocycles. The number of morpholine rings is 1. The number of nitrogens with one attached hydrogen (secondary N) is 1. The molecule has 0 saturated carbocycles. The van der Waals surface area contributed by atoms with E-state index in [9.17, 15) is 9.59 Å². The summed E-state index contributed by atoms with van der Waals surface area (Å²) in [5, 5.41) is 2.70. The van der Waals surface area contributed by atoms with Gasteiger partial charge in [-0.1, -0.05) is 48.0 Å². The minimum absolute atomic E-state index is 0.00573. The fourth-order valence-electron chi connectivity index (χ4n) is 2.82. The van der Waals surface area contributed by atoms with Crippen molar-refractivity contribution in [1.82, 2.24) is 10.2 Å². The van der Waals surface area contributed by atoms with Gasteiger partial charge in [-0.15, -0.1) is 0 Å². The van der Waals surface area contributed by atoms with E-state index in [1.165, 1.54) is 0 Å². The highest BCUT2D eigenvalue weighted by Crippen LogP contribution is 2.21. The second-order valence-corrected chi connectivity index (χ2v) is 6.16. The Morgan fingerprint density at radius 3 is 2.56 bits per heavy atom. The van der Waals surface area contributed by atoms with Crippen molar-refractivity contribution in [2.45, 2.75) is 13.0 Å². The molecule has 1 aliphatic heterocycles. The average Bonchev–Trinajstić information content (AvgIpc) is 2.67. The Morgan fingerprint density at radius 2 is 1.84 bits per heavy atom. The van der Waals surface area contributed by atoms with E-state index in [0.717, 1.165) is 11.1 Å². The molecule has 5 heteroatoms. The molecule has 1 fully saturated rings. The van der Waals surface area contributed by atoms with Crippen LogP contribution in [0.1, 0.15) is 27.6 Å². The van der Waals surface area contributed by atoms with Crippen LogP contribution in [0, 0.1) is 6.92 Å². The number of nitrogens with zero attached hydrogens (tertiary/aromatic N) is 1. The van der Waals surface area contributed by atoms with Crippen LogP contribution in [0.3, 0.4) is 0 Å². The largest absolute Gasteiger partial charge is 0.370 e. The van der Waals surface area contributed by atoms with Gasteiger partial charge in [-0.25, -0.2) is 0 Å². The number of aryl methyl sites for hydroxylation is 1. The highest BCUT2D eigenvalue weighted by Gasteiger charge is 2.25. The van der Waals surface area contributed by atoms with Crippen LogP contribution < -0.4 is 5.32 Å². The Balaban J connectivity index is 1.54. The molecule has 1 aliphatic rings. The Labute approximate surface area is 147 Å². The molecule has 25 heavy (non-hydrogen) atoms. The molecule has 5 nitrogen and oxygen atoms in total. The molecule has 1 heterocycles. The van der Waals surface area contributed by atoms with Gasteiger partial charge in [0, 0.05) is 12.1 Å². The lowest BCUT2D eigenvalue weighted by atomic mass is 10.1. The maximum absolute atomic E-state index is 12.4. The second kappa shape index (κ2) is 7.94. The molecule has 0 spiro atoms. The van der Waals surface area contributed by atoms with Gasteiger partial charge < -0.3 is 15.0 Å². The van der Waals surface area contributed by atoms with Crippen molar-refractivity contribution < 1.29 is 14.3 Å². The molecule has 0 aromatic heterocycles. The van der Waals surface area contributed by atoms with Crippen LogP contribution in [-0.4, -0.2) is 43.0 Å². The summed E-state index contributed by atoms with van der Waals surface area (Å²) in [5.74, 6) is -0.328. The first-order valence-corrected chi connectivity index (χ1v) is 8.42. The fourth-order valence-corrected chi connectivity index (χ4v) is 2.82. The fraction of sp³-hybridized carbons (Fsp3) is 0.300. The van der Waals surface area contributed by atoms with Gasteiger partial charge in [0.25, 0.3) is 5.91 Å². The minimum Gasteiger partial charge on any atom is -0.370 e. The molecule has 1 atom stereocenters. The van der Waals surface area contributed by atoms with Crippen LogP contribution in [0.2, 0.25) is 0 Å². The van der Waals surface area contributed by atoms with Crippen molar-refractivity contribution in [1.29, 1.82) is 0 Å². The monoisotopic (exact) mass is 338 g/mol. The van der Waals surface area contributed by atoms with E-state index in [2.05, 4.69) is 5.32 Å². The van der Waals surface area contributed by atoms with E-state index >= 15 is 0 Å². The van der Waals surface area contributed by atoms with Crippen LogP contribution in [0.15, 0.2) is 54.6 Å². The maximum atomic E-state index is 12.4. The molecule has 1 saturated heterocycles. The minimum atomic E-state index is -0.235. The smallest absolute Gasteiger partial charge is 0.251 e. The zero-order chi connectivity index (χ0) is 17.6. The molecule has 0 aliphatic carbocycles. The van der Waals surface area contributed by atoms with Crippen LogP contribution >= 0.6 is 0 Å². The summed E-state index contributed by atoms with van der Waals surface area (Å²) in [5.41, 5.74) is 2.71. The number of hydrogen-bond donors (Lipinski definition) is 1. The first kappa shape index (κ1) is 17.2. The highest BCUT2D eigenvalue weighted by atomic mass is 16.5. The molecule has 2 amide bonds. The van der Waals surface area contributed by atoms with Gasteiger partial charge in [0.1, 0.15) is 6.10 Å². The first-order chi connectivity index (χ1) is 12.1. The number of benzene rings is 2. The van der Waals surface area contributed by atoms with Crippen LogP contribution in [0.5, 0.6) is 0 Å². The lowest BCUT2D eigenvalue weighted by Crippen LogP contribution is -2.46. The van der Waals surface area contributed by atoms with Crippen molar-refractivity contribution in [3.63, 3.8) is 0 Å². The molecule has 1 N–H and O–H groups in total. The normalized spacial score (nSPS) is 17.2. The third kappa shape index (κ3) is 4.45. The molecule has 2 aromatic rings. The molecule has 3 rings (SSSR count). The Hall–Kier alpha value is -2.66. The summed E-state index contributed by atoms with van der Waals surface area (Å²) in [7, 11) is 0. The van der Waals surface area contributed by atoms with Gasteiger partial charge in [0.2, 0.25) is 5.91 Å². The van der Waals surface area contributed by atoms with Crippen LogP contribution in [0.25, 0.3) is 0 Å². The summed E-state index contributed by atoms with van der Waals surface area (Å²) >= 11 is 0. The summed E-state index contributed by atoms with van der Waals surface area (Å²) in [6.45, 7) is 3.50. The molecule has 130 valence electrons. The summed E-state index contributed by atoms with van der Waals surface area (Å²) in [6.07, 6.45) is -0.119. The predicted molar refractivity (Wildman–Crippen MR) is 95.2 cm³/mol. The van der Waals surface area contributed by atoms with E-state index in [1.807, 2.05) is 49.4 Å². The summed E-state index contributed by atoms with van der Waals surface area (Å²) in [4.78, 5) is 26.3. The Kier molecular flexibility index (Phi) is 5.46. The average molecular weight is 338 g/mol. The zero-order valence-corrected chi connectivity index (χ0v) is 14.3. The predicted octanol–water partition coefficient (Wildman–Crippen LogP) is 2.32. The molecule has 0 unspecified atom stereocenters. The number of rotatable bonds is 4. The maximum Gasteiger partial charge on any atom is 0.251 e. The number of hydrogen-bond acceptors (Lipinski definition) is 3. The summed E-state index contributed by atoms with van der Waals surface area (Å²) in [6, 6.07) is 17.1. The standard InChI is InChI=1S/C20H22N2O3/c1-15-7-9-17(10-8-15)20(24)21-13-19(23)22-11-12-25-18(14-22)16-5-3-2-4-6-16/h2-10,18H,11-14H2,1H3,(H,21,24)/t18-/m1/s1. The van der Waals surface area contributed by atoms with E-state index in [0.29, 0.717) is 25.3 Å². The molecular weight excluding hydrogens is 316 g/mol. The van der Waals surface area contributed by atoms with E-state index in [-0.39, 0.29) is 24.5 Å². The zero-order valence-electron chi connectivity index (χ0n) is 14.3. The number of carbonyl (C=O) groups is 2. The Bertz CT molecular complexity index is 728.